The Bertz CT molecular complexity index is 635. The standard InChI is InChI=1S/C26H39NS/c1-21(2)13-14-24(20-27-25-15-17-26(28-4)18-16-25)12-8-9-22(3)19-23-10-6-5-7-11-23/h5-7,10-11,15-18,21-22,24,27H,8-9,12-14,19-20H2,1-4H3. The molecule has 0 amide bonds. The largest absolute Gasteiger partial charge is 0.385 e. The molecule has 0 spiro atoms. The number of hydrogen-bond acceptors (Lipinski definition) is 2. The molecule has 0 saturated heterocycles. The van der Waals surface area contributed by atoms with Crippen LogP contribution in [-0.2, 0) is 6.42 Å². The van der Waals surface area contributed by atoms with Crippen LogP contribution < -0.4 is 5.32 Å². The van der Waals surface area contributed by atoms with E-state index < -0.39 is 0 Å². The molecule has 0 aliphatic carbocycles. The molecular formula is C26H39NS. The highest BCUT2D eigenvalue weighted by Gasteiger charge is 2.12. The number of nitrogens with one attached hydrogen (secondary N) is 1. The summed E-state index contributed by atoms with van der Waals surface area (Å²) in [6, 6.07) is 19.8. The Kier molecular flexibility index (Phi) is 10.6. The van der Waals surface area contributed by atoms with Crippen molar-refractivity contribution in [1.29, 1.82) is 0 Å². The van der Waals surface area contributed by atoms with Gasteiger partial charge in [0.15, 0.2) is 0 Å². The minimum Gasteiger partial charge on any atom is -0.385 e. The lowest BCUT2D eigenvalue weighted by Gasteiger charge is -2.20. The van der Waals surface area contributed by atoms with Gasteiger partial charge in [0.05, 0.1) is 0 Å². The highest BCUT2D eigenvalue weighted by molar-refractivity contribution is 7.98. The summed E-state index contributed by atoms with van der Waals surface area (Å²) in [5.41, 5.74) is 2.73. The number of benzene rings is 2. The van der Waals surface area contributed by atoms with E-state index in [4.69, 9.17) is 0 Å². The van der Waals surface area contributed by atoms with Crippen LogP contribution in [0.3, 0.4) is 0 Å². The Balaban J connectivity index is 1.77. The van der Waals surface area contributed by atoms with E-state index in [1.807, 2.05) is 0 Å². The zero-order valence-corrected chi connectivity index (χ0v) is 19.1. The van der Waals surface area contributed by atoms with Gasteiger partial charge in [0, 0.05) is 17.1 Å². The molecule has 1 N–H and O–H groups in total. The molecule has 28 heavy (non-hydrogen) atoms. The number of rotatable bonds is 13. The molecule has 0 aliphatic rings. The highest BCUT2D eigenvalue weighted by atomic mass is 32.2. The van der Waals surface area contributed by atoms with Gasteiger partial charge in [0.2, 0.25) is 0 Å². The fourth-order valence-electron chi connectivity index (χ4n) is 3.76. The molecule has 1 nitrogen and oxygen atoms in total. The van der Waals surface area contributed by atoms with Crippen LogP contribution in [0.15, 0.2) is 59.5 Å². The van der Waals surface area contributed by atoms with Gasteiger partial charge >= 0.3 is 0 Å². The van der Waals surface area contributed by atoms with E-state index in [1.165, 1.54) is 54.7 Å². The fourth-order valence-corrected chi connectivity index (χ4v) is 4.17. The van der Waals surface area contributed by atoms with Crippen molar-refractivity contribution < 1.29 is 0 Å². The maximum Gasteiger partial charge on any atom is 0.0341 e. The first-order chi connectivity index (χ1) is 13.6. The predicted octanol–water partition coefficient (Wildman–Crippen LogP) is 7.92. The van der Waals surface area contributed by atoms with E-state index in [9.17, 15) is 0 Å². The first-order valence-corrected chi connectivity index (χ1v) is 12.2. The van der Waals surface area contributed by atoms with E-state index in [0.717, 1.165) is 24.3 Å². The zero-order valence-electron chi connectivity index (χ0n) is 18.3. The van der Waals surface area contributed by atoms with Crippen molar-refractivity contribution >= 4 is 17.4 Å². The first-order valence-electron chi connectivity index (χ1n) is 11.0. The van der Waals surface area contributed by atoms with Gasteiger partial charge in [-0.05, 0) is 73.1 Å². The summed E-state index contributed by atoms with van der Waals surface area (Å²) in [5, 5.41) is 3.69. The SMILES string of the molecule is CSc1ccc(NCC(CCCC(C)Cc2ccccc2)CCC(C)C)cc1. The topological polar surface area (TPSA) is 12.0 Å². The monoisotopic (exact) mass is 397 g/mol. The highest BCUT2D eigenvalue weighted by Crippen LogP contribution is 2.23. The van der Waals surface area contributed by atoms with Crippen LogP contribution in [0.5, 0.6) is 0 Å². The summed E-state index contributed by atoms with van der Waals surface area (Å²) < 4.78 is 0. The summed E-state index contributed by atoms with van der Waals surface area (Å²) in [7, 11) is 0. The minimum atomic E-state index is 0.764. The second-order valence-corrected chi connectivity index (χ2v) is 9.55. The third-order valence-corrected chi connectivity index (χ3v) is 6.32. The van der Waals surface area contributed by atoms with Crippen LogP contribution in [0.2, 0.25) is 0 Å². The van der Waals surface area contributed by atoms with Crippen molar-refractivity contribution in [2.45, 2.75) is 64.2 Å². The molecule has 0 saturated carbocycles. The molecule has 0 radical (unpaired) electrons. The molecule has 154 valence electrons. The van der Waals surface area contributed by atoms with Gasteiger partial charge in [-0.25, -0.2) is 0 Å². The summed E-state index contributed by atoms with van der Waals surface area (Å²) in [4.78, 5) is 1.33. The molecule has 0 aliphatic heterocycles. The smallest absolute Gasteiger partial charge is 0.0341 e. The molecule has 2 aromatic rings. The normalized spacial score (nSPS) is 13.5. The van der Waals surface area contributed by atoms with E-state index in [1.54, 1.807) is 11.8 Å². The van der Waals surface area contributed by atoms with Crippen molar-refractivity contribution in [2.24, 2.45) is 17.8 Å². The van der Waals surface area contributed by atoms with Crippen LogP contribution in [0, 0.1) is 17.8 Å². The van der Waals surface area contributed by atoms with Crippen molar-refractivity contribution in [3.63, 3.8) is 0 Å². The minimum absolute atomic E-state index is 0.764. The Labute approximate surface area is 177 Å². The Morgan fingerprint density at radius 1 is 0.821 bits per heavy atom. The molecule has 0 heterocycles. The van der Waals surface area contributed by atoms with E-state index in [-0.39, 0.29) is 0 Å². The molecule has 0 aromatic heterocycles. The third-order valence-electron chi connectivity index (χ3n) is 5.57. The molecule has 2 aromatic carbocycles. The lowest BCUT2D eigenvalue weighted by molar-refractivity contribution is 0.383. The van der Waals surface area contributed by atoms with Crippen LogP contribution >= 0.6 is 11.8 Å². The Morgan fingerprint density at radius 2 is 1.54 bits per heavy atom. The van der Waals surface area contributed by atoms with E-state index >= 15 is 0 Å². The summed E-state index contributed by atoms with van der Waals surface area (Å²) in [6.45, 7) is 8.18. The van der Waals surface area contributed by atoms with Gasteiger partial charge in [-0.1, -0.05) is 70.4 Å². The summed E-state index contributed by atoms with van der Waals surface area (Å²) >= 11 is 1.80. The average molecular weight is 398 g/mol. The van der Waals surface area contributed by atoms with Crippen molar-refractivity contribution in [2.75, 3.05) is 18.1 Å². The second kappa shape index (κ2) is 12.9. The fraction of sp³-hybridized carbons (Fsp3) is 0.538. The lowest BCUT2D eigenvalue weighted by atomic mass is 9.90. The van der Waals surface area contributed by atoms with Gasteiger partial charge in [0.25, 0.3) is 0 Å². The van der Waals surface area contributed by atoms with Crippen molar-refractivity contribution in [1.82, 2.24) is 0 Å². The summed E-state index contributed by atoms with van der Waals surface area (Å²) in [6.07, 6.45) is 10.00. The van der Waals surface area contributed by atoms with Crippen LogP contribution in [0.25, 0.3) is 0 Å². The lowest BCUT2D eigenvalue weighted by Crippen LogP contribution is -2.16. The molecule has 0 bridgehead atoms. The molecule has 2 heteroatoms. The van der Waals surface area contributed by atoms with Crippen molar-refractivity contribution in [3.8, 4) is 0 Å². The molecule has 2 rings (SSSR count). The first kappa shape index (κ1) is 22.9. The van der Waals surface area contributed by atoms with Crippen LogP contribution in [0.1, 0.15) is 58.4 Å². The maximum atomic E-state index is 3.69. The summed E-state index contributed by atoms with van der Waals surface area (Å²) in [5.74, 6) is 2.33. The van der Waals surface area contributed by atoms with Gasteiger partial charge in [0.1, 0.15) is 0 Å². The Hall–Kier alpha value is -1.41. The number of anilines is 1. The molecule has 2 atom stereocenters. The molecule has 2 unspecified atom stereocenters. The second-order valence-electron chi connectivity index (χ2n) is 8.67. The number of hydrogen-bond donors (Lipinski definition) is 1. The number of thioether (sulfide) groups is 1. The van der Waals surface area contributed by atoms with Gasteiger partial charge in [-0.2, -0.15) is 0 Å². The predicted molar refractivity (Wildman–Crippen MR) is 127 cm³/mol. The van der Waals surface area contributed by atoms with Gasteiger partial charge in [-0.3, -0.25) is 0 Å². The van der Waals surface area contributed by atoms with Crippen LogP contribution in [-0.4, -0.2) is 12.8 Å². The van der Waals surface area contributed by atoms with Gasteiger partial charge in [-0.15, -0.1) is 11.8 Å². The van der Waals surface area contributed by atoms with Crippen LogP contribution in [0.4, 0.5) is 5.69 Å². The quantitative estimate of drug-likeness (QED) is 0.344. The van der Waals surface area contributed by atoms with Gasteiger partial charge < -0.3 is 5.32 Å². The third kappa shape index (κ3) is 9.19. The van der Waals surface area contributed by atoms with E-state index in [2.05, 4.69) is 86.9 Å². The molecular weight excluding hydrogens is 358 g/mol. The Morgan fingerprint density at radius 3 is 2.18 bits per heavy atom. The zero-order chi connectivity index (χ0) is 20.2. The van der Waals surface area contributed by atoms with Crippen molar-refractivity contribution in [3.05, 3.63) is 60.2 Å². The maximum absolute atomic E-state index is 3.69. The molecule has 0 fully saturated rings. The average Bonchev–Trinajstić information content (AvgIpc) is 2.70. The van der Waals surface area contributed by atoms with E-state index in [0.29, 0.717) is 0 Å².